The molecule has 0 heterocycles. The Balaban J connectivity index is 1.50. The number of carbonyl (C=O) groups is 1. The Morgan fingerprint density at radius 1 is 0.800 bits per heavy atom. The maximum atomic E-state index is 13.2. The second kappa shape index (κ2) is 12.5. The van der Waals surface area contributed by atoms with Gasteiger partial charge < -0.3 is 0 Å². The maximum absolute atomic E-state index is 13.2. The first-order valence-corrected chi connectivity index (χ1v) is 15.8. The SMILES string of the molecule is CCC(C)CC1CCC(C(=O)NCC[PH](c2ccccc2)(c2ccccc2)c2ccccc2)CC1. The Kier molecular flexibility index (Phi) is 9.16. The molecule has 1 N–H and O–H groups in total. The fourth-order valence-corrected chi connectivity index (χ4v) is 10.7. The van der Waals surface area contributed by atoms with E-state index in [-0.39, 0.29) is 11.8 Å². The summed E-state index contributed by atoms with van der Waals surface area (Å²) >= 11 is 0. The van der Waals surface area contributed by atoms with Gasteiger partial charge in [-0.05, 0) is 0 Å². The van der Waals surface area contributed by atoms with Gasteiger partial charge in [0.1, 0.15) is 0 Å². The van der Waals surface area contributed by atoms with Crippen molar-refractivity contribution < 1.29 is 4.79 Å². The number of hydrogen-bond donors (Lipinski definition) is 1. The molecule has 1 aliphatic rings. The van der Waals surface area contributed by atoms with E-state index in [1.165, 1.54) is 41.6 Å². The van der Waals surface area contributed by atoms with Gasteiger partial charge in [-0.2, -0.15) is 0 Å². The summed E-state index contributed by atoms with van der Waals surface area (Å²) in [5.41, 5.74) is 0. The molecule has 1 aliphatic carbocycles. The van der Waals surface area contributed by atoms with E-state index in [1.54, 1.807) is 0 Å². The summed E-state index contributed by atoms with van der Waals surface area (Å²) in [6.07, 6.45) is 8.05. The number of hydrogen-bond acceptors (Lipinski definition) is 1. The van der Waals surface area contributed by atoms with Crippen molar-refractivity contribution in [2.45, 2.75) is 52.4 Å². The molecule has 0 aromatic heterocycles. The summed E-state index contributed by atoms with van der Waals surface area (Å²) < 4.78 is 0. The molecule has 0 spiro atoms. The van der Waals surface area contributed by atoms with E-state index >= 15 is 0 Å². The molecule has 0 bridgehead atoms. The summed E-state index contributed by atoms with van der Waals surface area (Å²) in [7, 11) is -2.29. The van der Waals surface area contributed by atoms with Gasteiger partial charge >= 0.3 is 213 Å². The van der Waals surface area contributed by atoms with Crippen LogP contribution >= 0.6 is 7.26 Å². The van der Waals surface area contributed by atoms with Crippen molar-refractivity contribution in [1.29, 1.82) is 0 Å². The summed E-state index contributed by atoms with van der Waals surface area (Å²) in [5.74, 6) is 2.06. The molecule has 0 aliphatic heterocycles. The number of carbonyl (C=O) groups excluding carboxylic acids is 1. The second-order valence-electron chi connectivity index (χ2n) is 10.5. The molecule has 0 radical (unpaired) electrons. The minimum atomic E-state index is -2.29. The van der Waals surface area contributed by atoms with Crippen LogP contribution in [0.1, 0.15) is 52.4 Å². The van der Waals surface area contributed by atoms with Gasteiger partial charge in [-0.1, -0.05) is 0 Å². The van der Waals surface area contributed by atoms with Crippen molar-refractivity contribution in [2.24, 2.45) is 17.8 Å². The number of amides is 1. The van der Waals surface area contributed by atoms with Crippen LogP contribution in [0.15, 0.2) is 91.0 Å². The van der Waals surface area contributed by atoms with E-state index in [0.29, 0.717) is 0 Å². The van der Waals surface area contributed by atoms with Crippen LogP contribution in [0.25, 0.3) is 0 Å². The summed E-state index contributed by atoms with van der Waals surface area (Å²) in [6.45, 7) is 5.37. The normalized spacial score (nSPS) is 19.6. The molecule has 1 atom stereocenters. The Bertz CT molecular complexity index is 932. The molecule has 35 heavy (non-hydrogen) atoms. The third kappa shape index (κ3) is 6.22. The second-order valence-corrected chi connectivity index (χ2v) is 14.6. The summed E-state index contributed by atoms with van der Waals surface area (Å²) in [6, 6.07) is 32.9. The summed E-state index contributed by atoms with van der Waals surface area (Å²) in [5, 5.41) is 7.58. The fourth-order valence-electron chi connectivity index (χ4n) is 6.01. The quantitative estimate of drug-likeness (QED) is 0.346. The van der Waals surface area contributed by atoms with Crippen LogP contribution < -0.4 is 21.2 Å². The monoisotopic (exact) mass is 487 g/mol. The van der Waals surface area contributed by atoms with Gasteiger partial charge in [0.2, 0.25) is 0 Å². The van der Waals surface area contributed by atoms with Crippen LogP contribution in [0.4, 0.5) is 0 Å². The molecule has 3 heteroatoms. The molecule has 4 rings (SSSR count). The predicted molar refractivity (Wildman–Crippen MR) is 154 cm³/mol. The van der Waals surface area contributed by atoms with Gasteiger partial charge in [-0.15, -0.1) is 0 Å². The van der Waals surface area contributed by atoms with E-state index in [0.717, 1.165) is 37.4 Å². The average molecular weight is 488 g/mol. The van der Waals surface area contributed by atoms with Gasteiger partial charge in [0.25, 0.3) is 0 Å². The van der Waals surface area contributed by atoms with Crippen molar-refractivity contribution in [3.8, 4) is 0 Å². The molecular weight excluding hydrogens is 445 g/mol. The Morgan fingerprint density at radius 3 is 1.69 bits per heavy atom. The van der Waals surface area contributed by atoms with Crippen molar-refractivity contribution in [1.82, 2.24) is 5.32 Å². The number of nitrogens with one attached hydrogen (secondary N) is 1. The van der Waals surface area contributed by atoms with E-state index in [2.05, 4.69) is 110 Å². The van der Waals surface area contributed by atoms with Gasteiger partial charge in [0, 0.05) is 0 Å². The Morgan fingerprint density at radius 2 is 1.26 bits per heavy atom. The van der Waals surface area contributed by atoms with Gasteiger partial charge in [0.05, 0.1) is 0 Å². The number of rotatable bonds is 10. The fraction of sp³-hybridized carbons (Fsp3) is 0.406. The minimum absolute atomic E-state index is 0.185. The Hall–Kier alpha value is -2.44. The molecule has 0 saturated heterocycles. The third-order valence-corrected chi connectivity index (χ3v) is 13.2. The van der Waals surface area contributed by atoms with Crippen LogP contribution in [0.2, 0.25) is 0 Å². The van der Waals surface area contributed by atoms with E-state index in [4.69, 9.17) is 0 Å². The molecule has 3 aromatic rings. The van der Waals surface area contributed by atoms with Crippen LogP contribution in [0.5, 0.6) is 0 Å². The first-order chi connectivity index (χ1) is 17.1. The first kappa shape index (κ1) is 25.6. The van der Waals surface area contributed by atoms with E-state index in [1.807, 2.05) is 0 Å². The van der Waals surface area contributed by atoms with Gasteiger partial charge in [-0.3, -0.25) is 0 Å². The van der Waals surface area contributed by atoms with Crippen LogP contribution in [-0.4, -0.2) is 18.6 Å². The molecule has 1 amide bonds. The van der Waals surface area contributed by atoms with Gasteiger partial charge in [0.15, 0.2) is 0 Å². The zero-order chi connectivity index (χ0) is 24.5. The molecule has 2 nitrogen and oxygen atoms in total. The summed E-state index contributed by atoms with van der Waals surface area (Å²) in [4.78, 5) is 13.2. The van der Waals surface area contributed by atoms with Crippen LogP contribution in [0, 0.1) is 17.8 Å². The first-order valence-electron chi connectivity index (χ1n) is 13.6. The van der Waals surface area contributed by atoms with Gasteiger partial charge in [-0.25, -0.2) is 0 Å². The molecule has 1 unspecified atom stereocenters. The van der Waals surface area contributed by atoms with E-state index < -0.39 is 7.26 Å². The number of benzene rings is 3. The van der Waals surface area contributed by atoms with Crippen LogP contribution in [-0.2, 0) is 4.79 Å². The molecule has 1 fully saturated rings. The molecule has 3 aromatic carbocycles. The zero-order valence-electron chi connectivity index (χ0n) is 21.5. The zero-order valence-corrected chi connectivity index (χ0v) is 22.5. The average Bonchev–Trinajstić information content (AvgIpc) is 2.93. The van der Waals surface area contributed by atoms with Crippen molar-refractivity contribution in [3.63, 3.8) is 0 Å². The van der Waals surface area contributed by atoms with Crippen LogP contribution in [0.3, 0.4) is 0 Å². The topological polar surface area (TPSA) is 29.1 Å². The standard InChI is InChI=1S/C32H42NOP/c1-3-26(2)25-27-19-21-28(22-20-27)32(34)33-23-24-35(29-13-7-4-8-14-29,30-15-9-5-10-16-30)31-17-11-6-12-18-31/h4-18,26-28,35H,3,19-25H2,1-2H3,(H,33,34). The Labute approximate surface area is 212 Å². The van der Waals surface area contributed by atoms with Crippen molar-refractivity contribution in [2.75, 3.05) is 12.7 Å². The third-order valence-electron chi connectivity index (χ3n) is 8.25. The van der Waals surface area contributed by atoms with E-state index in [9.17, 15) is 4.79 Å². The molecular formula is C32H42NOP. The van der Waals surface area contributed by atoms with Crippen molar-refractivity contribution in [3.05, 3.63) is 91.0 Å². The van der Waals surface area contributed by atoms with Crippen molar-refractivity contribution >= 4 is 29.1 Å². The molecule has 186 valence electrons. The molecule has 1 saturated carbocycles. The predicted octanol–water partition coefficient (Wildman–Crippen LogP) is 6.07.